The summed E-state index contributed by atoms with van der Waals surface area (Å²) in [5.41, 5.74) is 0.571. The van der Waals surface area contributed by atoms with Crippen LogP contribution in [0.3, 0.4) is 0 Å². The van der Waals surface area contributed by atoms with Gasteiger partial charge in [0.2, 0.25) is 0 Å². The molecule has 0 aromatic heterocycles. The maximum absolute atomic E-state index is 14.4. The third-order valence-electron chi connectivity index (χ3n) is 7.75. The highest BCUT2D eigenvalue weighted by Gasteiger charge is 2.71. The molecular weight excluding hydrogens is 525 g/mol. The number of hydrogen-bond acceptors (Lipinski definition) is 6. The van der Waals surface area contributed by atoms with Crippen LogP contribution < -0.4 is 9.64 Å². The zero-order valence-corrected chi connectivity index (χ0v) is 21.9. The van der Waals surface area contributed by atoms with E-state index in [-0.39, 0.29) is 28.1 Å². The molecule has 190 valence electrons. The fraction of sp³-hybridized carbons (Fsp3) is 0.200. The Morgan fingerprint density at radius 2 is 1.61 bits per heavy atom. The van der Waals surface area contributed by atoms with Crippen molar-refractivity contribution >= 4 is 58.3 Å². The summed E-state index contributed by atoms with van der Waals surface area (Å²) in [4.78, 5) is 56.2. The lowest BCUT2D eigenvalue weighted by Gasteiger charge is -2.37. The van der Waals surface area contributed by atoms with E-state index < -0.39 is 29.4 Å². The number of Topliss-reactive ketones (excluding diaryl/α,β-unsaturated/α-hetero) is 3. The summed E-state index contributed by atoms with van der Waals surface area (Å²) in [5.74, 6) is -2.24. The predicted molar refractivity (Wildman–Crippen MR) is 144 cm³/mol. The predicted octanol–water partition coefficient (Wildman–Crippen LogP) is 5.94. The van der Waals surface area contributed by atoms with Gasteiger partial charge in [-0.05, 0) is 30.7 Å². The first-order chi connectivity index (χ1) is 18.2. The Labute approximate surface area is 228 Å². The molecule has 0 bridgehead atoms. The molecule has 1 saturated heterocycles. The lowest BCUT2D eigenvalue weighted by atomic mass is 9.64. The minimum absolute atomic E-state index is 0.240. The number of benzene rings is 3. The molecule has 0 amide bonds. The quantitative estimate of drug-likeness (QED) is 0.230. The second-order valence-electron chi connectivity index (χ2n) is 9.77. The van der Waals surface area contributed by atoms with Crippen LogP contribution in [0.25, 0.3) is 6.08 Å². The standard InChI is InChI=1S/C30H21Cl2NO5/c1-15(34)26-25(21-12-11-18(31)14-22(21)32)30(28(36)19-7-3-4-8-20(19)29(30)37)24-13-10-17-6-5-9-23(38-16(2)35)27(17)33(24)26/h3-14,24-26H,1-2H3/t24-,25+,26+/m0/s1. The maximum atomic E-state index is 14.4. The average Bonchev–Trinajstić information content (AvgIpc) is 3.30. The first-order valence-corrected chi connectivity index (χ1v) is 12.9. The molecule has 1 fully saturated rings. The van der Waals surface area contributed by atoms with Crippen molar-refractivity contribution in [2.24, 2.45) is 5.41 Å². The second kappa shape index (κ2) is 8.65. The molecular formula is C30H21Cl2NO5. The Balaban J connectivity index is 1.70. The summed E-state index contributed by atoms with van der Waals surface area (Å²) in [6, 6.07) is 15.0. The monoisotopic (exact) mass is 545 g/mol. The van der Waals surface area contributed by atoms with Crippen LogP contribution in [0, 0.1) is 5.41 Å². The molecule has 0 radical (unpaired) electrons. The summed E-state index contributed by atoms with van der Waals surface area (Å²) in [6.45, 7) is 2.72. The van der Waals surface area contributed by atoms with Crippen LogP contribution in [-0.4, -0.2) is 35.4 Å². The zero-order chi connectivity index (χ0) is 26.9. The van der Waals surface area contributed by atoms with E-state index in [4.69, 9.17) is 27.9 Å². The number of ether oxygens (including phenoxy) is 1. The van der Waals surface area contributed by atoms with Gasteiger partial charge in [-0.2, -0.15) is 0 Å². The van der Waals surface area contributed by atoms with Crippen LogP contribution in [-0.2, 0) is 9.59 Å². The van der Waals surface area contributed by atoms with Crippen LogP contribution in [0.5, 0.6) is 5.75 Å². The van der Waals surface area contributed by atoms with Crippen LogP contribution in [0.4, 0.5) is 5.69 Å². The third kappa shape index (κ3) is 3.20. The van der Waals surface area contributed by atoms with E-state index in [1.54, 1.807) is 71.6 Å². The van der Waals surface area contributed by atoms with E-state index in [0.717, 1.165) is 0 Å². The number of carbonyl (C=O) groups is 4. The molecule has 3 aromatic rings. The maximum Gasteiger partial charge on any atom is 0.308 e. The van der Waals surface area contributed by atoms with Gasteiger partial charge in [0.1, 0.15) is 5.41 Å². The van der Waals surface area contributed by atoms with Crippen molar-refractivity contribution in [2.45, 2.75) is 31.8 Å². The Hall–Kier alpha value is -3.74. The lowest BCUT2D eigenvalue weighted by Crippen LogP contribution is -2.48. The zero-order valence-electron chi connectivity index (χ0n) is 20.4. The molecule has 1 aliphatic carbocycles. The van der Waals surface area contributed by atoms with E-state index >= 15 is 0 Å². The molecule has 3 atom stereocenters. The second-order valence-corrected chi connectivity index (χ2v) is 10.6. The first kappa shape index (κ1) is 24.6. The molecule has 2 aliphatic heterocycles. The minimum atomic E-state index is -1.69. The van der Waals surface area contributed by atoms with E-state index in [2.05, 4.69) is 0 Å². The molecule has 8 heteroatoms. The van der Waals surface area contributed by atoms with Crippen molar-refractivity contribution < 1.29 is 23.9 Å². The van der Waals surface area contributed by atoms with Crippen molar-refractivity contribution in [2.75, 3.05) is 4.90 Å². The van der Waals surface area contributed by atoms with Crippen molar-refractivity contribution in [3.8, 4) is 5.75 Å². The number of fused-ring (bicyclic) bond motifs is 5. The summed E-state index contributed by atoms with van der Waals surface area (Å²) in [5, 5.41) is 0.639. The van der Waals surface area contributed by atoms with Crippen LogP contribution in [0.1, 0.15) is 51.6 Å². The van der Waals surface area contributed by atoms with E-state index in [9.17, 15) is 19.2 Å². The number of para-hydroxylation sites is 1. The fourth-order valence-electron chi connectivity index (χ4n) is 6.47. The molecule has 2 heterocycles. The van der Waals surface area contributed by atoms with Gasteiger partial charge in [-0.1, -0.05) is 77.8 Å². The smallest absolute Gasteiger partial charge is 0.308 e. The highest BCUT2D eigenvalue weighted by Crippen LogP contribution is 2.62. The largest absolute Gasteiger partial charge is 0.424 e. The molecule has 6 nitrogen and oxygen atoms in total. The lowest BCUT2D eigenvalue weighted by molar-refractivity contribution is -0.131. The van der Waals surface area contributed by atoms with E-state index in [1.807, 2.05) is 6.07 Å². The number of ketones is 3. The number of carbonyl (C=O) groups excluding carboxylic acids is 4. The van der Waals surface area contributed by atoms with Gasteiger partial charge in [0, 0.05) is 39.6 Å². The number of rotatable bonds is 3. The highest BCUT2D eigenvalue weighted by atomic mass is 35.5. The van der Waals surface area contributed by atoms with Gasteiger partial charge in [-0.25, -0.2) is 0 Å². The number of halogens is 2. The van der Waals surface area contributed by atoms with Gasteiger partial charge >= 0.3 is 5.97 Å². The molecule has 0 unspecified atom stereocenters. The molecule has 6 rings (SSSR count). The molecule has 38 heavy (non-hydrogen) atoms. The van der Waals surface area contributed by atoms with E-state index in [1.165, 1.54) is 13.8 Å². The van der Waals surface area contributed by atoms with Gasteiger partial charge in [0.15, 0.2) is 23.1 Å². The van der Waals surface area contributed by atoms with Crippen LogP contribution in [0.15, 0.2) is 66.7 Å². The Kier molecular flexibility index (Phi) is 5.60. The summed E-state index contributed by atoms with van der Waals surface area (Å²) < 4.78 is 5.56. The summed E-state index contributed by atoms with van der Waals surface area (Å²) >= 11 is 12.9. The highest BCUT2D eigenvalue weighted by molar-refractivity contribution is 6.36. The van der Waals surface area contributed by atoms with Crippen molar-refractivity contribution in [1.82, 2.24) is 0 Å². The topological polar surface area (TPSA) is 80.8 Å². The number of hydrogen-bond donors (Lipinski definition) is 0. The Bertz CT molecular complexity index is 1570. The van der Waals surface area contributed by atoms with Crippen LogP contribution in [0.2, 0.25) is 10.0 Å². The van der Waals surface area contributed by atoms with Gasteiger partial charge in [0.05, 0.1) is 17.8 Å². The Morgan fingerprint density at radius 1 is 0.921 bits per heavy atom. The molecule has 3 aliphatic rings. The van der Waals surface area contributed by atoms with Gasteiger partial charge < -0.3 is 9.64 Å². The molecule has 0 saturated carbocycles. The number of esters is 1. The van der Waals surface area contributed by atoms with Gasteiger partial charge in [-0.15, -0.1) is 0 Å². The van der Waals surface area contributed by atoms with Crippen LogP contribution >= 0.6 is 23.2 Å². The summed E-state index contributed by atoms with van der Waals surface area (Å²) in [6.07, 6.45) is 3.60. The molecule has 0 N–H and O–H groups in total. The molecule has 3 aromatic carbocycles. The van der Waals surface area contributed by atoms with Crippen molar-refractivity contribution in [3.05, 3.63) is 99.0 Å². The number of nitrogens with zero attached hydrogens (tertiary/aromatic N) is 1. The fourth-order valence-corrected chi connectivity index (χ4v) is 7.00. The van der Waals surface area contributed by atoms with E-state index in [0.29, 0.717) is 33.0 Å². The van der Waals surface area contributed by atoms with Crippen molar-refractivity contribution in [1.29, 1.82) is 0 Å². The Morgan fingerprint density at radius 3 is 2.21 bits per heavy atom. The minimum Gasteiger partial charge on any atom is -0.424 e. The summed E-state index contributed by atoms with van der Waals surface area (Å²) in [7, 11) is 0. The SMILES string of the molecule is CC(=O)Oc1cccc2c1N1[C@H](C(C)=O)[C@@H](c3ccc(Cl)cc3Cl)C3(C(=O)c4ccccc4C3=O)[C@@H]1C=C2. The van der Waals surface area contributed by atoms with Gasteiger partial charge in [0.25, 0.3) is 0 Å². The average molecular weight is 546 g/mol. The number of anilines is 1. The van der Waals surface area contributed by atoms with Crippen molar-refractivity contribution in [3.63, 3.8) is 0 Å². The molecule has 1 spiro atoms. The normalized spacial score (nSPS) is 22.3. The third-order valence-corrected chi connectivity index (χ3v) is 8.32. The van der Waals surface area contributed by atoms with Gasteiger partial charge in [-0.3, -0.25) is 19.2 Å². The first-order valence-electron chi connectivity index (χ1n) is 12.1.